The summed E-state index contributed by atoms with van der Waals surface area (Å²) in [6.07, 6.45) is 4.19. The van der Waals surface area contributed by atoms with Gasteiger partial charge in [0, 0.05) is 10.9 Å². The normalized spacial score (nSPS) is 22.9. The zero-order valence-corrected chi connectivity index (χ0v) is 12.4. The van der Waals surface area contributed by atoms with Gasteiger partial charge in [0.25, 0.3) is 5.91 Å². The highest BCUT2D eigenvalue weighted by molar-refractivity contribution is 9.09. The molecule has 2 unspecified atom stereocenters. The van der Waals surface area contributed by atoms with Gasteiger partial charge >= 0.3 is 0 Å². The van der Waals surface area contributed by atoms with E-state index in [-0.39, 0.29) is 22.2 Å². The molecule has 1 aliphatic rings. The highest BCUT2D eigenvalue weighted by Gasteiger charge is 2.26. The average molecular weight is 330 g/mol. The molecule has 0 bridgehead atoms. The molecule has 1 N–H and O–H groups in total. The van der Waals surface area contributed by atoms with Crippen LogP contribution in [0.3, 0.4) is 0 Å². The Balaban J connectivity index is 2.15. The monoisotopic (exact) mass is 329 g/mol. The van der Waals surface area contributed by atoms with Gasteiger partial charge < -0.3 is 10.1 Å². The summed E-state index contributed by atoms with van der Waals surface area (Å²) in [5, 5.41) is 2.89. The molecule has 1 aromatic rings. The van der Waals surface area contributed by atoms with Crippen LogP contribution >= 0.6 is 15.9 Å². The Kier molecular flexibility index (Phi) is 4.80. The van der Waals surface area contributed by atoms with Crippen LogP contribution in [0.25, 0.3) is 0 Å². The lowest BCUT2D eigenvalue weighted by atomic mass is 9.95. The molecular formula is C14H17BrFNO2. The van der Waals surface area contributed by atoms with Crippen LogP contribution in [-0.2, 0) is 0 Å². The molecule has 0 saturated heterocycles. The van der Waals surface area contributed by atoms with E-state index in [2.05, 4.69) is 21.2 Å². The van der Waals surface area contributed by atoms with Crippen LogP contribution in [0.5, 0.6) is 5.75 Å². The van der Waals surface area contributed by atoms with Crippen molar-refractivity contribution in [3.8, 4) is 5.75 Å². The van der Waals surface area contributed by atoms with Crippen molar-refractivity contribution < 1.29 is 13.9 Å². The number of halogens is 2. The van der Waals surface area contributed by atoms with Crippen LogP contribution in [0.1, 0.15) is 36.0 Å². The van der Waals surface area contributed by atoms with Crippen molar-refractivity contribution in [2.45, 2.75) is 36.6 Å². The molecule has 1 fully saturated rings. The number of benzene rings is 1. The first kappa shape index (κ1) is 14.3. The molecule has 3 nitrogen and oxygen atoms in total. The van der Waals surface area contributed by atoms with E-state index in [4.69, 9.17) is 4.74 Å². The molecule has 2 rings (SSSR count). The highest BCUT2D eigenvalue weighted by atomic mass is 79.9. The van der Waals surface area contributed by atoms with Crippen LogP contribution < -0.4 is 10.1 Å². The van der Waals surface area contributed by atoms with E-state index in [0.717, 1.165) is 25.7 Å². The average Bonchev–Trinajstić information content (AvgIpc) is 2.40. The third kappa shape index (κ3) is 3.26. The van der Waals surface area contributed by atoms with Crippen molar-refractivity contribution >= 4 is 21.8 Å². The maximum atomic E-state index is 13.8. The molecule has 1 saturated carbocycles. The minimum Gasteiger partial charge on any atom is -0.496 e. The largest absolute Gasteiger partial charge is 0.496 e. The summed E-state index contributed by atoms with van der Waals surface area (Å²) in [6.45, 7) is 0. The Morgan fingerprint density at radius 3 is 2.84 bits per heavy atom. The number of carbonyl (C=O) groups excluding carboxylic acids is 1. The number of rotatable bonds is 3. The minimum absolute atomic E-state index is 0.0183. The van der Waals surface area contributed by atoms with Crippen molar-refractivity contribution in [1.29, 1.82) is 0 Å². The van der Waals surface area contributed by atoms with Crippen molar-refractivity contribution in [2.24, 2.45) is 0 Å². The van der Waals surface area contributed by atoms with Gasteiger partial charge in [-0.2, -0.15) is 0 Å². The summed E-state index contributed by atoms with van der Waals surface area (Å²) >= 11 is 3.57. The SMILES string of the molecule is COc1cccc(F)c1C(=O)NC1CCCCC1Br. The summed E-state index contributed by atoms with van der Waals surface area (Å²) in [5.74, 6) is -0.704. The molecule has 1 amide bonds. The second-order valence-corrected chi connectivity index (χ2v) is 5.87. The second-order valence-electron chi connectivity index (χ2n) is 4.70. The zero-order valence-electron chi connectivity index (χ0n) is 10.8. The molecule has 1 aliphatic carbocycles. The van der Waals surface area contributed by atoms with Gasteiger partial charge in [-0.1, -0.05) is 34.8 Å². The highest BCUT2D eigenvalue weighted by Crippen LogP contribution is 2.26. The van der Waals surface area contributed by atoms with Crippen molar-refractivity contribution in [3.63, 3.8) is 0 Å². The van der Waals surface area contributed by atoms with Crippen LogP contribution in [0, 0.1) is 5.82 Å². The van der Waals surface area contributed by atoms with Gasteiger partial charge in [-0.25, -0.2) is 4.39 Å². The van der Waals surface area contributed by atoms with Crippen LogP contribution in [0.2, 0.25) is 0 Å². The third-order valence-corrected chi connectivity index (χ3v) is 4.52. The van der Waals surface area contributed by atoms with Crippen molar-refractivity contribution in [1.82, 2.24) is 5.32 Å². The maximum absolute atomic E-state index is 13.8. The van der Waals surface area contributed by atoms with Crippen LogP contribution in [-0.4, -0.2) is 23.9 Å². The lowest BCUT2D eigenvalue weighted by Gasteiger charge is -2.28. The first-order chi connectivity index (χ1) is 9.13. The van der Waals surface area contributed by atoms with E-state index >= 15 is 0 Å². The summed E-state index contributed by atoms with van der Waals surface area (Å²) in [5.41, 5.74) is -0.0183. The number of nitrogens with one attached hydrogen (secondary N) is 1. The quantitative estimate of drug-likeness (QED) is 0.864. The van der Waals surface area contributed by atoms with Gasteiger partial charge in [0.1, 0.15) is 17.1 Å². The predicted molar refractivity (Wildman–Crippen MR) is 75.4 cm³/mol. The maximum Gasteiger partial charge on any atom is 0.258 e. The fourth-order valence-corrected chi connectivity index (χ4v) is 3.10. The molecule has 0 heterocycles. The molecule has 0 spiro atoms. The number of alkyl halides is 1. The van der Waals surface area contributed by atoms with Gasteiger partial charge in [-0.15, -0.1) is 0 Å². The Labute approximate surface area is 120 Å². The number of ether oxygens (including phenoxy) is 1. The van der Waals surface area contributed by atoms with Gasteiger partial charge in [0.2, 0.25) is 0 Å². The summed E-state index contributed by atoms with van der Waals surface area (Å²) in [4.78, 5) is 12.5. The number of hydrogen-bond acceptors (Lipinski definition) is 2. The Hall–Kier alpha value is -1.10. The molecule has 0 radical (unpaired) electrons. The fraction of sp³-hybridized carbons (Fsp3) is 0.500. The number of methoxy groups -OCH3 is 1. The Morgan fingerprint density at radius 2 is 2.16 bits per heavy atom. The van der Waals surface area contributed by atoms with E-state index < -0.39 is 11.7 Å². The molecule has 19 heavy (non-hydrogen) atoms. The Bertz CT molecular complexity index is 467. The van der Waals surface area contributed by atoms with Crippen LogP contribution in [0.15, 0.2) is 18.2 Å². The molecule has 2 atom stereocenters. The van der Waals surface area contributed by atoms with E-state index in [1.165, 1.54) is 19.2 Å². The van der Waals surface area contributed by atoms with E-state index in [1.54, 1.807) is 6.07 Å². The molecule has 0 aromatic heterocycles. The van der Waals surface area contributed by atoms with Gasteiger partial charge in [-0.05, 0) is 25.0 Å². The van der Waals surface area contributed by atoms with Crippen LogP contribution in [0.4, 0.5) is 4.39 Å². The third-order valence-electron chi connectivity index (χ3n) is 3.42. The van der Waals surface area contributed by atoms with Crippen molar-refractivity contribution in [2.75, 3.05) is 7.11 Å². The van der Waals surface area contributed by atoms with Gasteiger partial charge in [0.15, 0.2) is 0 Å². The zero-order chi connectivity index (χ0) is 13.8. The van der Waals surface area contributed by atoms with Gasteiger partial charge in [-0.3, -0.25) is 4.79 Å². The first-order valence-electron chi connectivity index (χ1n) is 6.41. The molecular weight excluding hydrogens is 313 g/mol. The first-order valence-corrected chi connectivity index (χ1v) is 7.32. The molecule has 0 aliphatic heterocycles. The summed E-state index contributed by atoms with van der Waals surface area (Å²) in [6, 6.07) is 4.43. The predicted octanol–water partition coefficient (Wildman–Crippen LogP) is 3.27. The van der Waals surface area contributed by atoms with Gasteiger partial charge in [0.05, 0.1) is 7.11 Å². The summed E-state index contributed by atoms with van der Waals surface area (Å²) < 4.78 is 18.8. The summed E-state index contributed by atoms with van der Waals surface area (Å²) in [7, 11) is 1.43. The van der Waals surface area contributed by atoms with Crippen molar-refractivity contribution in [3.05, 3.63) is 29.6 Å². The lowest BCUT2D eigenvalue weighted by Crippen LogP contribution is -2.43. The van der Waals surface area contributed by atoms with E-state index in [9.17, 15) is 9.18 Å². The minimum atomic E-state index is -0.557. The molecule has 5 heteroatoms. The Morgan fingerprint density at radius 1 is 1.42 bits per heavy atom. The molecule has 104 valence electrons. The standard InChI is InChI=1S/C14H17BrFNO2/c1-19-12-8-4-6-10(16)13(12)14(18)17-11-7-3-2-5-9(11)15/h4,6,8-9,11H,2-3,5,7H2,1H3,(H,17,18). The smallest absolute Gasteiger partial charge is 0.258 e. The number of amides is 1. The number of hydrogen-bond donors (Lipinski definition) is 1. The number of carbonyl (C=O) groups is 1. The fourth-order valence-electron chi connectivity index (χ4n) is 2.38. The topological polar surface area (TPSA) is 38.3 Å². The van der Waals surface area contributed by atoms with E-state index in [0.29, 0.717) is 0 Å². The second kappa shape index (κ2) is 6.37. The molecule has 1 aromatic carbocycles. The van der Waals surface area contributed by atoms with E-state index in [1.807, 2.05) is 0 Å². The lowest BCUT2D eigenvalue weighted by molar-refractivity contribution is 0.0922.